The molecular formula is C14H24BO4. The van der Waals surface area contributed by atoms with Crippen molar-refractivity contribution in [3.05, 3.63) is 11.5 Å². The third-order valence-electron chi connectivity index (χ3n) is 4.26. The van der Waals surface area contributed by atoms with E-state index in [2.05, 4.69) is 6.08 Å². The van der Waals surface area contributed by atoms with Crippen LogP contribution in [0.2, 0.25) is 0 Å². The standard InChI is InChI=1S/C14H24BO4/c1-12(2,16)13(3,4)19-15-11-5-7-14(8-6-11)17-9-10-18-14/h5,16H,6-10H2,1-4H3. The number of hydrogen-bond donors (Lipinski definition) is 1. The molecule has 5 heteroatoms. The van der Waals surface area contributed by atoms with Gasteiger partial charge in [0.15, 0.2) is 5.79 Å². The van der Waals surface area contributed by atoms with Crippen LogP contribution in [-0.4, -0.2) is 42.8 Å². The van der Waals surface area contributed by atoms with E-state index in [0.29, 0.717) is 13.2 Å². The van der Waals surface area contributed by atoms with Crippen molar-refractivity contribution < 1.29 is 19.2 Å². The lowest BCUT2D eigenvalue weighted by Gasteiger charge is -2.38. The number of aliphatic hydroxyl groups is 1. The summed E-state index contributed by atoms with van der Waals surface area (Å²) in [6.07, 6.45) is 4.62. The molecule has 0 bridgehead atoms. The molecule has 0 amide bonds. The topological polar surface area (TPSA) is 47.9 Å². The van der Waals surface area contributed by atoms with Crippen LogP contribution in [0.4, 0.5) is 0 Å². The van der Waals surface area contributed by atoms with E-state index in [9.17, 15) is 5.11 Å². The monoisotopic (exact) mass is 267 g/mol. The first-order chi connectivity index (χ1) is 8.74. The fourth-order valence-electron chi connectivity index (χ4n) is 2.06. The largest absolute Gasteiger partial charge is 0.427 e. The molecule has 107 valence electrons. The molecule has 2 aliphatic rings. The quantitative estimate of drug-likeness (QED) is 0.791. The Morgan fingerprint density at radius 3 is 2.37 bits per heavy atom. The maximum atomic E-state index is 10.0. The van der Waals surface area contributed by atoms with Gasteiger partial charge >= 0.3 is 7.48 Å². The molecule has 0 aromatic carbocycles. The van der Waals surface area contributed by atoms with Crippen LogP contribution in [0.15, 0.2) is 11.5 Å². The summed E-state index contributed by atoms with van der Waals surface area (Å²) < 4.78 is 17.1. The van der Waals surface area contributed by atoms with Crippen molar-refractivity contribution in [3.8, 4) is 0 Å². The van der Waals surface area contributed by atoms with Crippen LogP contribution in [0.25, 0.3) is 0 Å². The molecule has 0 aromatic heterocycles. The van der Waals surface area contributed by atoms with Crippen molar-refractivity contribution in [1.82, 2.24) is 0 Å². The number of rotatable bonds is 4. The maximum absolute atomic E-state index is 10.0. The molecule has 0 aromatic rings. The van der Waals surface area contributed by atoms with Gasteiger partial charge in [0.1, 0.15) is 0 Å². The van der Waals surface area contributed by atoms with Gasteiger partial charge in [0.25, 0.3) is 0 Å². The first kappa shape index (κ1) is 15.0. The number of ether oxygens (including phenoxy) is 2. The first-order valence-electron chi connectivity index (χ1n) is 6.95. The fraction of sp³-hybridized carbons (Fsp3) is 0.857. The molecule has 1 heterocycles. The molecule has 1 aliphatic heterocycles. The second-order valence-corrected chi connectivity index (χ2v) is 6.40. The third-order valence-corrected chi connectivity index (χ3v) is 4.26. The van der Waals surface area contributed by atoms with Crippen LogP contribution in [0, 0.1) is 0 Å². The van der Waals surface area contributed by atoms with Crippen LogP contribution >= 0.6 is 0 Å². The molecule has 19 heavy (non-hydrogen) atoms. The molecule has 1 aliphatic carbocycles. The van der Waals surface area contributed by atoms with Crippen LogP contribution < -0.4 is 0 Å². The van der Waals surface area contributed by atoms with Gasteiger partial charge in [-0.1, -0.05) is 11.5 Å². The van der Waals surface area contributed by atoms with Gasteiger partial charge < -0.3 is 19.2 Å². The Hall–Kier alpha value is -0.355. The van der Waals surface area contributed by atoms with E-state index in [0.717, 1.165) is 24.7 Å². The highest BCUT2D eigenvalue weighted by Gasteiger charge is 2.39. The Morgan fingerprint density at radius 2 is 1.89 bits per heavy atom. The molecular weight excluding hydrogens is 243 g/mol. The zero-order valence-electron chi connectivity index (χ0n) is 12.4. The molecule has 2 rings (SSSR count). The number of hydrogen-bond acceptors (Lipinski definition) is 4. The van der Waals surface area contributed by atoms with Crippen LogP contribution in [0.3, 0.4) is 0 Å². The van der Waals surface area contributed by atoms with E-state index in [-0.39, 0.29) is 5.79 Å². The van der Waals surface area contributed by atoms with E-state index in [1.807, 2.05) is 13.8 Å². The second kappa shape index (κ2) is 5.21. The van der Waals surface area contributed by atoms with Gasteiger partial charge in [-0.05, 0) is 34.1 Å². The second-order valence-electron chi connectivity index (χ2n) is 6.40. The van der Waals surface area contributed by atoms with Gasteiger partial charge in [-0.25, -0.2) is 0 Å². The highest BCUT2D eigenvalue weighted by atomic mass is 16.7. The van der Waals surface area contributed by atoms with Gasteiger partial charge in [-0.2, -0.15) is 0 Å². The first-order valence-corrected chi connectivity index (χ1v) is 6.95. The lowest BCUT2D eigenvalue weighted by Crippen LogP contribution is -2.48. The molecule has 0 saturated carbocycles. The van der Waals surface area contributed by atoms with Gasteiger partial charge in [-0.15, -0.1) is 0 Å². The van der Waals surface area contributed by atoms with Crippen molar-refractivity contribution in [2.45, 2.75) is 63.9 Å². The zero-order chi connectivity index (χ0) is 14.1. The van der Waals surface area contributed by atoms with Crippen molar-refractivity contribution >= 4 is 7.48 Å². The molecule has 1 spiro atoms. The van der Waals surface area contributed by atoms with Gasteiger partial charge in [-0.3, -0.25) is 0 Å². The molecule has 1 saturated heterocycles. The van der Waals surface area contributed by atoms with E-state index >= 15 is 0 Å². The minimum atomic E-state index is -0.891. The minimum Gasteiger partial charge on any atom is -0.427 e. The van der Waals surface area contributed by atoms with Gasteiger partial charge in [0, 0.05) is 12.8 Å². The van der Waals surface area contributed by atoms with Crippen LogP contribution in [0.1, 0.15) is 47.0 Å². The average Bonchev–Trinajstić information content (AvgIpc) is 2.76. The number of allylic oxidation sites excluding steroid dienone is 1. The third kappa shape index (κ3) is 3.40. The average molecular weight is 267 g/mol. The summed E-state index contributed by atoms with van der Waals surface area (Å²) >= 11 is 0. The van der Waals surface area contributed by atoms with E-state index in [1.54, 1.807) is 21.3 Å². The predicted molar refractivity (Wildman–Crippen MR) is 73.8 cm³/mol. The Balaban J connectivity index is 1.87. The lowest BCUT2D eigenvalue weighted by atomic mass is 9.76. The summed E-state index contributed by atoms with van der Waals surface area (Å²) in [6, 6.07) is 0. The summed E-state index contributed by atoms with van der Waals surface area (Å²) in [4.78, 5) is 0. The van der Waals surface area contributed by atoms with Crippen molar-refractivity contribution in [2.24, 2.45) is 0 Å². The SMILES string of the molecule is CC(C)(O)C(C)(C)O[B]C1=CCC2(CC1)OCCO2. The Morgan fingerprint density at radius 1 is 1.26 bits per heavy atom. The molecule has 0 unspecified atom stereocenters. The van der Waals surface area contributed by atoms with Crippen molar-refractivity contribution in [1.29, 1.82) is 0 Å². The summed E-state index contributed by atoms with van der Waals surface area (Å²) in [5.41, 5.74) is -0.372. The summed E-state index contributed by atoms with van der Waals surface area (Å²) in [5.74, 6) is -0.386. The molecule has 4 nitrogen and oxygen atoms in total. The highest BCUT2D eigenvalue weighted by Crippen LogP contribution is 2.35. The van der Waals surface area contributed by atoms with Crippen molar-refractivity contribution in [3.63, 3.8) is 0 Å². The van der Waals surface area contributed by atoms with E-state index in [1.165, 1.54) is 0 Å². The Kier molecular flexibility index (Phi) is 4.12. The molecule has 1 radical (unpaired) electrons. The molecule has 1 fully saturated rings. The zero-order valence-corrected chi connectivity index (χ0v) is 12.4. The van der Waals surface area contributed by atoms with Crippen LogP contribution in [0.5, 0.6) is 0 Å². The smallest absolute Gasteiger partial charge is 0.326 e. The van der Waals surface area contributed by atoms with Gasteiger partial charge in [0.05, 0.1) is 24.4 Å². The predicted octanol–water partition coefficient (Wildman–Crippen LogP) is 1.98. The minimum absolute atomic E-state index is 0.386. The van der Waals surface area contributed by atoms with E-state index < -0.39 is 11.2 Å². The van der Waals surface area contributed by atoms with Crippen molar-refractivity contribution in [2.75, 3.05) is 13.2 Å². The summed E-state index contributed by atoms with van der Waals surface area (Å²) in [7, 11) is 1.76. The maximum Gasteiger partial charge on any atom is 0.326 e. The molecule has 0 atom stereocenters. The summed E-state index contributed by atoms with van der Waals surface area (Å²) in [5, 5.41) is 10.0. The normalized spacial score (nSPS) is 23.5. The molecule has 1 N–H and O–H groups in total. The summed E-state index contributed by atoms with van der Waals surface area (Å²) in [6.45, 7) is 8.66. The van der Waals surface area contributed by atoms with Gasteiger partial charge in [0.2, 0.25) is 0 Å². The van der Waals surface area contributed by atoms with E-state index in [4.69, 9.17) is 14.1 Å². The highest BCUT2D eigenvalue weighted by molar-refractivity contribution is 6.38. The fourth-order valence-corrected chi connectivity index (χ4v) is 2.06. The lowest BCUT2D eigenvalue weighted by molar-refractivity contribution is -0.161. The van der Waals surface area contributed by atoms with Crippen LogP contribution in [-0.2, 0) is 14.1 Å². The Labute approximate surface area is 116 Å². The Bertz CT molecular complexity index is 351.